The van der Waals surface area contributed by atoms with Crippen molar-refractivity contribution in [1.29, 1.82) is 0 Å². The number of non-ortho nitro benzene ring substituents is 1. The third-order valence-electron chi connectivity index (χ3n) is 3.10. The van der Waals surface area contributed by atoms with Gasteiger partial charge in [-0.2, -0.15) is 0 Å². The van der Waals surface area contributed by atoms with Crippen molar-refractivity contribution < 1.29 is 14.8 Å². The van der Waals surface area contributed by atoms with Crippen LogP contribution in [-0.2, 0) is 11.2 Å². The van der Waals surface area contributed by atoms with Crippen molar-refractivity contribution in [2.75, 3.05) is 6.61 Å². The van der Waals surface area contributed by atoms with E-state index in [1.807, 2.05) is 13.8 Å². The van der Waals surface area contributed by atoms with E-state index in [9.17, 15) is 14.9 Å². The lowest BCUT2D eigenvalue weighted by molar-refractivity contribution is -0.384. The highest BCUT2D eigenvalue weighted by molar-refractivity contribution is 5.78. The first-order valence-electron chi connectivity index (χ1n) is 6.57. The molecular weight excluding hydrogens is 260 g/mol. The number of carbonyl (C=O) groups is 1. The zero-order valence-electron chi connectivity index (χ0n) is 11.7. The molecule has 0 aliphatic heterocycles. The highest BCUT2D eigenvalue weighted by Crippen LogP contribution is 2.12. The van der Waals surface area contributed by atoms with E-state index in [0.29, 0.717) is 6.42 Å². The summed E-state index contributed by atoms with van der Waals surface area (Å²) in [6.45, 7) is 3.99. The molecule has 0 heterocycles. The van der Waals surface area contributed by atoms with Crippen molar-refractivity contribution in [3.05, 3.63) is 39.9 Å². The molecule has 2 N–H and O–H groups in total. The maximum Gasteiger partial charge on any atom is 0.269 e. The van der Waals surface area contributed by atoms with Crippen LogP contribution in [0.15, 0.2) is 24.3 Å². The molecule has 1 rings (SSSR count). The van der Waals surface area contributed by atoms with Gasteiger partial charge in [0, 0.05) is 24.8 Å². The van der Waals surface area contributed by atoms with Gasteiger partial charge >= 0.3 is 0 Å². The molecule has 0 fully saturated rings. The largest absolute Gasteiger partial charge is 0.396 e. The summed E-state index contributed by atoms with van der Waals surface area (Å²) < 4.78 is 0. The number of hydrogen-bond donors (Lipinski definition) is 2. The van der Waals surface area contributed by atoms with E-state index in [1.54, 1.807) is 12.1 Å². The number of hydrogen-bond acceptors (Lipinski definition) is 4. The molecular formula is C14H20N2O4. The van der Waals surface area contributed by atoms with Crippen LogP contribution in [0.2, 0.25) is 0 Å². The molecule has 1 amide bonds. The summed E-state index contributed by atoms with van der Waals surface area (Å²) in [6.07, 6.45) is 0.691. The normalized spacial score (nSPS) is 12.2. The maximum absolute atomic E-state index is 11.9. The lowest BCUT2D eigenvalue weighted by atomic mass is 10.0. The SMILES string of the molecule is CC(C)C(CCO)NC(=O)Cc1ccc([N+](=O)[O-])cc1. The average Bonchev–Trinajstić information content (AvgIpc) is 2.38. The number of benzene rings is 1. The van der Waals surface area contributed by atoms with Gasteiger partial charge in [-0.1, -0.05) is 26.0 Å². The van der Waals surface area contributed by atoms with Gasteiger partial charge in [0.15, 0.2) is 0 Å². The van der Waals surface area contributed by atoms with Crippen LogP contribution < -0.4 is 5.32 Å². The van der Waals surface area contributed by atoms with Crippen molar-refractivity contribution in [2.45, 2.75) is 32.7 Å². The van der Waals surface area contributed by atoms with Crippen LogP contribution in [0, 0.1) is 16.0 Å². The van der Waals surface area contributed by atoms with Gasteiger partial charge in [-0.3, -0.25) is 14.9 Å². The standard InChI is InChI=1S/C14H20N2O4/c1-10(2)13(7-8-17)15-14(18)9-11-3-5-12(6-4-11)16(19)20/h3-6,10,13,17H,7-9H2,1-2H3,(H,15,18). The number of aliphatic hydroxyl groups excluding tert-OH is 1. The van der Waals surface area contributed by atoms with Crippen LogP contribution in [-0.4, -0.2) is 28.6 Å². The maximum atomic E-state index is 11.9. The van der Waals surface area contributed by atoms with E-state index in [0.717, 1.165) is 5.56 Å². The Morgan fingerprint density at radius 1 is 1.35 bits per heavy atom. The van der Waals surface area contributed by atoms with Gasteiger partial charge in [0.25, 0.3) is 5.69 Å². The highest BCUT2D eigenvalue weighted by atomic mass is 16.6. The van der Waals surface area contributed by atoms with Crippen LogP contribution in [0.4, 0.5) is 5.69 Å². The molecule has 0 aliphatic rings. The topological polar surface area (TPSA) is 92.5 Å². The molecule has 20 heavy (non-hydrogen) atoms. The molecule has 6 nitrogen and oxygen atoms in total. The van der Waals surface area contributed by atoms with Crippen molar-refractivity contribution in [3.63, 3.8) is 0 Å². The highest BCUT2D eigenvalue weighted by Gasteiger charge is 2.16. The summed E-state index contributed by atoms with van der Waals surface area (Å²) in [4.78, 5) is 22.0. The minimum Gasteiger partial charge on any atom is -0.396 e. The third-order valence-corrected chi connectivity index (χ3v) is 3.10. The second kappa shape index (κ2) is 7.59. The van der Waals surface area contributed by atoms with Crippen LogP contribution in [0.5, 0.6) is 0 Å². The monoisotopic (exact) mass is 280 g/mol. The molecule has 0 saturated carbocycles. The first-order valence-corrected chi connectivity index (χ1v) is 6.57. The number of aliphatic hydroxyl groups is 1. The molecule has 0 aliphatic carbocycles. The predicted octanol–water partition coefficient (Wildman–Crippen LogP) is 1.66. The van der Waals surface area contributed by atoms with Gasteiger partial charge in [0.05, 0.1) is 11.3 Å². The molecule has 0 spiro atoms. The van der Waals surface area contributed by atoms with Crippen LogP contribution >= 0.6 is 0 Å². The predicted molar refractivity (Wildman–Crippen MR) is 75.3 cm³/mol. The molecule has 0 bridgehead atoms. The fourth-order valence-electron chi connectivity index (χ4n) is 1.89. The molecule has 0 aromatic heterocycles. The second-order valence-corrected chi connectivity index (χ2v) is 5.03. The Kier molecular flexibility index (Phi) is 6.11. The number of nitrogens with one attached hydrogen (secondary N) is 1. The zero-order chi connectivity index (χ0) is 15.1. The Bertz CT molecular complexity index is 457. The summed E-state index contributed by atoms with van der Waals surface area (Å²) in [6, 6.07) is 5.86. The van der Waals surface area contributed by atoms with E-state index in [4.69, 9.17) is 5.11 Å². The minimum atomic E-state index is -0.472. The molecule has 1 aromatic rings. The third kappa shape index (κ3) is 4.97. The fraction of sp³-hybridized carbons (Fsp3) is 0.500. The summed E-state index contributed by atoms with van der Waals surface area (Å²) in [5, 5.41) is 22.4. The number of nitro benzene ring substituents is 1. The van der Waals surface area contributed by atoms with Gasteiger partial charge < -0.3 is 10.4 Å². The smallest absolute Gasteiger partial charge is 0.269 e. The van der Waals surface area contributed by atoms with Crippen LogP contribution in [0.1, 0.15) is 25.8 Å². The van der Waals surface area contributed by atoms with Crippen molar-refractivity contribution in [2.24, 2.45) is 5.92 Å². The Morgan fingerprint density at radius 3 is 2.40 bits per heavy atom. The number of amides is 1. The van der Waals surface area contributed by atoms with Crippen LogP contribution in [0.3, 0.4) is 0 Å². The van der Waals surface area contributed by atoms with Gasteiger partial charge in [-0.05, 0) is 17.9 Å². The second-order valence-electron chi connectivity index (χ2n) is 5.03. The molecule has 110 valence electrons. The molecule has 6 heteroatoms. The van der Waals surface area contributed by atoms with Gasteiger partial charge in [-0.15, -0.1) is 0 Å². The Hall–Kier alpha value is -1.95. The first-order chi connectivity index (χ1) is 9.43. The Balaban J connectivity index is 2.59. The van der Waals surface area contributed by atoms with Crippen molar-refractivity contribution in [1.82, 2.24) is 5.32 Å². The van der Waals surface area contributed by atoms with Crippen molar-refractivity contribution in [3.8, 4) is 0 Å². The van der Waals surface area contributed by atoms with E-state index in [1.165, 1.54) is 12.1 Å². The summed E-state index contributed by atoms with van der Waals surface area (Å²) in [5.41, 5.74) is 0.731. The number of rotatable bonds is 7. The fourth-order valence-corrected chi connectivity index (χ4v) is 1.89. The molecule has 1 aromatic carbocycles. The Labute approximate surface area is 118 Å². The van der Waals surface area contributed by atoms with E-state index in [2.05, 4.69) is 5.32 Å². The Morgan fingerprint density at radius 2 is 1.95 bits per heavy atom. The van der Waals surface area contributed by atoms with E-state index < -0.39 is 4.92 Å². The minimum absolute atomic E-state index is 0.00879. The summed E-state index contributed by atoms with van der Waals surface area (Å²) in [5.74, 6) is 0.0916. The van der Waals surface area contributed by atoms with Crippen LogP contribution in [0.25, 0.3) is 0 Å². The average molecular weight is 280 g/mol. The van der Waals surface area contributed by atoms with Gasteiger partial charge in [0.1, 0.15) is 0 Å². The number of carbonyl (C=O) groups excluding carboxylic acids is 1. The van der Waals surface area contributed by atoms with Crippen molar-refractivity contribution >= 4 is 11.6 Å². The summed E-state index contributed by atoms with van der Waals surface area (Å²) in [7, 11) is 0. The lowest BCUT2D eigenvalue weighted by Gasteiger charge is -2.21. The van der Waals surface area contributed by atoms with E-state index >= 15 is 0 Å². The van der Waals surface area contributed by atoms with Gasteiger partial charge in [-0.25, -0.2) is 0 Å². The number of nitro groups is 1. The number of nitrogens with zero attached hydrogens (tertiary/aromatic N) is 1. The summed E-state index contributed by atoms with van der Waals surface area (Å²) >= 11 is 0. The molecule has 1 unspecified atom stereocenters. The lowest BCUT2D eigenvalue weighted by Crippen LogP contribution is -2.40. The zero-order valence-corrected chi connectivity index (χ0v) is 11.7. The quantitative estimate of drug-likeness (QED) is 0.587. The molecule has 1 atom stereocenters. The first kappa shape index (κ1) is 16.1. The van der Waals surface area contributed by atoms with E-state index in [-0.39, 0.29) is 36.6 Å². The van der Waals surface area contributed by atoms with Gasteiger partial charge in [0.2, 0.25) is 5.91 Å². The molecule has 0 radical (unpaired) electrons. The molecule has 0 saturated heterocycles.